The Morgan fingerprint density at radius 3 is 2.35 bits per heavy atom. The van der Waals surface area contributed by atoms with Crippen LogP contribution in [0, 0.1) is 0 Å². The van der Waals surface area contributed by atoms with E-state index in [1.165, 1.54) is 30.5 Å². The predicted octanol–water partition coefficient (Wildman–Crippen LogP) is 3.52. The summed E-state index contributed by atoms with van der Waals surface area (Å²) < 4.78 is 31.0. The molecule has 2 heterocycles. The maximum Gasteiger partial charge on any atom is 0.294 e. The number of nitrogens with one attached hydrogen (secondary N) is 1. The first-order chi connectivity index (χ1) is 16.3. The SMILES string of the molecule is NC(=O)c1cccc2cn(-c3ccc([C@@H]4CCCNC4)cc3)nc12.O=S(=O)(O)c1ccccc1. The van der Waals surface area contributed by atoms with Crippen molar-refractivity contribution in [3.05, 3.63) is 90.1 Å². The van der Waals surface area contributed by atoms with E-state index in [-0.39, 0.29) is 4.90 Å². The second kappa shape index (κ2) is 10.2. The van der Waals surface area contributed by atoms with Gasteiger partial charge in [-0.15, -0.1) is 0 Å². The van der Waals surface area contributed by atoms with E-state index in [9.17, 15) is 13.2 Å². The monoisotopic (exact) mass is 478 g/mol. The minimum atomic E-state index is -4.00. The number of piperidine rings is 1. The Labute approximate surface area is 198 Å². The van der Waals surface area contributed by atoms with Gasteiger partial charge in [0.05, 0.1) is 16.1 Å². The van der Waals surface area contributed by atoms with E-state index < -0.39 is 16.0 Å². The minimum absolute atomic E-state index is 0.0741. The molecule has 9 heteroatoms. The fourth-order valence-corrected chi connectivity index (χ4v) is 4.51. The predicted molar refractivity (Wildman–Crippen MR) is 131 cm³/mol. The maximum atomic E-state index is 11.5. The van der Waals surface area contributed by atoms with Gasteiger partial charge < -0.3 is 11.1 Å². The molecule has 1 saturated heterocycles. The van der Waals surface area contributed by atoms with Crippen molar-refractivity contribution in [3.63, 3.8) is 0 Å². The first-order valence-corrected chi connectivity index (χ1v) is 12.4. The highest BCUT2D eigenvalue weighted by Crippen LogP contribution is 2.25. The molecule has 5 rings (SSSR count). The smallest absolute Gasteiger partial charge is 0.294 e. The van der Waals surface area contributed by atoms with Gasteiger partial charge in [-0.25, -0.2) is 4.68 Å². The number of carbonyl (C=O) groups excluding carboxylic acids is 1. The van der Waals surface area contributed by atoms with Crippen molar-refractivity contribution in [2.75, 3.05) is 13.1 Å². The topological polar surface area (TPSA) is 127 Å². The van der Waals surface area contributed by atoms with Crippen molar-refractivity contribution in [1.82, 2.24) is 15.1 Å². The number of primary amides is 1. The van der Waals surface area contributed by atoms with E-state index in [4.69, 9.17) is 10.3 Å². The molecular weight excluding hydrogens is 452 g/mol. The summed E-state index contributed by atoms with van der Waals surface area (Å²) in [5, 5.41) is 8.91. The van der Waals surface area contributed by atoms with Gasteiger partial charge in [0.1, 0.15) is 5.52 Å². The van der Waals surface area contributed by atoms with Crippen LogP contribution in [-0.2, 0) is 10.1 Å². The van der Waals surface area contributed by atoms with Crippen LogP contribution in [0.15, 0.2) is 83.9 Å². The molecule has 8 nitrogen and oxygen atoms in total. The summed E-state index contributed by atoms with van der Waals surface area (Å²) in [6.07, 6.45) is 4.39. The van der Waals surface area contributed by atoms with E-state index in [2.05, 4.69) is 34.7 Å². The van der Waals surface area contributed by atoms with Crippen LogP contribution < -0.4 is 11.1 Å². The van der Waals surface area contributed by atoms with Crippen molar-refractivity contribution in [3.8, 4) is 5.69 Å². The molecule has 1 amide bonds. The Hall–Kier alpha value is -3.53. The summed E-state index contributed by atoms with van der Waals surface area (Å²) >= 11 is 0. The van der Waals surface area contributed by atoms with Gasteiger partial charge in [-0.05, 0) is 61.2 Å². The number of rotatable bonds is 4. The third kappa shape index (κ3) is 5.51. The van der Waals surface area contributed by atoms with Gasteiger partial charge in [-0.3, -0.25) is 9.35 Å². The number of aromatic nitrogens is 2. The number of fused-ring (bicyclic) bond motifs is 1. The van der Waals surface area contributed by atoms with Crippen LogP contribution in [0.1, 0.15) is 34.7 Å². The van der Waals surface area contributed by atoms with Gasteiger partial charge in [0.15, 0.2) is 0 Å². The number of nitrogens with zero attached hydrogens (tertiary/aromatic N) is 2. The van der Waals surface area contributed by atoms with Crippen LogP contribution in [0.2, 0.25) is 0 Å². The summed E-state index contributed by atoms with van der Waals surface area (Å²) in [6, 6.07) is 21.4. The van der Waals surface area contributed by atoms with Gasteiger partial charge in [-0.2, -0.15) is 13.5 Å². The number of amides is 1. The molecule has 34 heavy (non-hydrogen) atoms. The molecule has 3 aromatic carbocycles. The molecule has 4 N–H and O–H groups in total. The minimum Gasteiger partial charge on any atom is -0.366 e. The molecular formula is C25H26N4O4S. The second-order valence-corrected chi connectivity index (χ2v) is 9.53. The van der Waals surface area contributed by atoms with E-state index in [1.807, 2.05) is 18.3 Å². The molecule has 1 aliphatic heterocycles. The third-order valence-corrected chi connectivity index (χ3v) is 6.64. The Morgan fingerprint density at radius 2 is 1.76 bits per heavy atom. The van der Waals surface area contributed by atoms with Gasteiger partial charge in [0, 0.05) is 18.1 Å². The maximum absolute atomic E-state index is 11.5. The first-order valence-electron chi connectivity index (χ1n) is 10.9. The van der Waals surface area contributed by atoms with Gasteiger partial charge >= 0.3 is 0 Å². The average Bonchev–Trinajstić information content (AvgIpc) is 3.29. The number of hydrogen-bond donors (Lipinski definition) is 3. The summed E-state index contributed by atoms with van der Waals surface area (Å²) in [4.78, 5) is 11.5. The van der Waals surface area contributed by atoms with Crippen LogP contribution in [0.5, 0.6) is 0 Å². The molecule has 4 aromatic rings. The molecule has 0 spiro atoms. The molecule has 0 unspecified atom stereocenters. The van der Waals surface area contributed by atoms with Crippen LogP contribution in [0.4, 0.5) is 0 Å². The number of carbonyl (C=O) groups is 1. The lowest BCUT2D eigenvalue weighted by atomic mass is 9.92. The number of benzene rings is 3. The van der Waals surface area contributed by atoms with Gasteiger partial charge in [-0.1, -0.05) is 42.5 Å². The molecule has 1 aromatic heterocycles. The summed E-state index contributed by atoms with van der Waals surface area (Å²) in [7, 11) is -4.00. The van der Waals surface area contributed by atoms with Gasteiger partial charge in [0.2, 0.25) is 0 Å². The van der Waals surface area contributed by atoms with Crippen molar-refractivity contribution in [2.45, 2.75) is 23.7 Å². The van der Waals surface area contributed by atoms with Crippen LogP contribution in [-0.4, -0.2) is 41.7 Å². The molecule has 0 aliphatic carbocycles. The molecule has 1 atom stereocenters. The van der Waals surface area contributed by atoms with Crippen molar-refractivity contribution in [2.24, 2.45) is 5.73 Å². The lowest BCUT2D eigenvalue weighted by Gasteiger charge is -2.23. The number of hydrogen-bond acceptors (Lipinski definition) is 5. The molecule has 1 fully saturated rings. The zero-order valence-corrected chi connectivity index (χ0v) is 19.3. The Bertz CT molecular complexity index is 1380. The van der Waals surface area contributed by atoms with Crippen molar-refractivity contribution < 1.29 is 17.8 Å². The summed E-state index contributed by atoms with van der Waals surface area (Å²) in [5.74, 6) is 0.136. The van der Waals surface area contributed by atoms with Crippen LogP contribution in [0.3, 0.4) is 0 Å². The normalized spacial score (nSPS) is 16.0. The zero-order chi connectivity index (χ0) is 24.1. The van der Waals surface area contributed by atoms with Gasteiger partial charge in [0.25, 0.3) is 16.0 Å². The Kier molecular flexibility index (Phi) is 7.06. The fourth-order valence-electron chi connectivity index (χ4n) is 4.00. The van der Waals surface area contributed by atoms with Crippen LogP contribution >= 0.6 is 0 Å². The summed E-state index contributed by atoms with van der Waals surface area (Å²) in [6.45, 7) is 2.17. The van der Waals surface area contributed by atoms with E-state index in [0.29, 0.717) is 17.0 Å². The lowest BCUT2D eigenvalue weighted by Crippen LogP contribution is -2.28. The summed E-state index contributed by atoms with van der Waals surface area (Å²) in [5.41, 5.74) is 8.88. The lowest BCUT2D eigenvalue weighted by molar-refractivity contribution is 0.100. The number of nitrogens with two attached hydrogens (primary N) is 1. The van der Waals surface area contributed by atoms with Crippen molar-refractivity contribution >= 4 is 26.9 Å². The van der Waals surface area contributed by atoms with E-state index >= 15 is 0 Å². The highest BCUT2D eigenvalue weighted by atomic mass is 32.2. The Balaban J connectivity index is 0.000000231. The zero-order valence-electron chi connectivity index (χ0n) is 18.5. The molecule has 176 valence electrons. The third-order valence-electron chi connectivity index (χ3n) is 5.77. The average molecular weight is 479 g/mol. The Morgan fingerprint density at radius 1 is 1.03 bits per heavy atom. The highest BCUT2D eigenvalue weighted by molar-refractivity contribution is 7.85. The first kappa shape index (κ1) is 23.6. The van der Waals surface area contributed by atoms with E-state index in [0.717, 1.165) is 24.2 Å². The molecule has 0 bridgehead atoms. The quantitative estimate of drug-likeness (QED) is 0.385. The fraction of sp³-hybridized carbons (Fsp3) is 0.200. The second-order valence-electron chi connectivity index (χ2n) is 8.10. The van der Waals surface area contributed by atoms with Crippen LogP contribution in [0.25, 0.3) is 16.6 Å². The molecule has 0 radical (unpaired) electrons. The largest absolute Gasteiger partial charge is 0.366 e. The standard InChI is InChI=1S/C19H20N4O.C6H6O3S/c20-19(24)17-5-1-3-15-12-23(22-18(15)17)16-8-6-13(7-9-16)14-4-2-10-21-11-14;7-10(8,9)6-4-2-1-3-5-6/h1,3,5-9,12,14,21H,2,4,10-11H2,(H2,20,24);1-5H,(H,7,8,9)/t14-;/m1./s1. The molecule has 0 saturated carbocycles. The van der Waals surface area contributed by atoms with Crippen molar-refractivity contribution in [1.29, 1.82) is 0 Å². The van der Waals surface area contributed by atoms with E-state index in [1.54, 1.807) is 28.9 Å². The highest BCUT2D eigenvalue weighted by Gasteiger charge is 2.15. The molecule has 1 aliphatic rings.